The first-order valence-electron chi connectivity index (χ1n) is 11.1. The third kappa shape index (κ3) is 2.93. The lowest BCUT2D eigenvalue weighted by Crippen LogP contribution is -2.50. The van der Waals surface area contributed by atoms with E-state index in [1.54, 1.807) is 4.90 Å². The number of likely N-dealkylation sites (N-methyl/N-ethyl adjacent to an activating group) is 1. The molecule has 5 rings (SSSR count). The summed E-state index contributed by atoms with van der Waals surface area (Å²) in [5.74, 6) is 0.0453. The molecule has 0 unspecified atom stereocenters. The standard InChI is InChI=1S/C29H26N2O/c1-3-29(22-14-6-4-7-15-22,28(32)30(2)23-16-8-5-9-17-23)31-26-20-12-10-18-24(26)25-19-11-13-21-27(25)31/h4-21H,3H2,1-2H3/t29-/m0/s1. The molecule has 32 heavy (non-hydrogen) atoms. The van der Waals surface area contributed by atoms with Crippen LogP contribution in [-0.2, 0) is 10.3 Å². The quantitative estimate of drug-likeness (QED) is 0.315. The smallest absolute Gasteiger partial charge is 0.257 e. The van der Waals surface area contributed by atoms with E-state index in [9.17, 15) is 4.79 Å². The number of hydrogen-bond donors (Lipinski definition) is 0. The molecule has 0 spiro atoms. The van der Waals surface area contributed by atoms with Gasteiger partial charge in [-0.25, -0.2) is 0 Å². The molecule has 1 atom stereocenters. The Hall–Kier alpha value is -3.85. The normalized spacial score (nSPS) is 13.2. The number of amides is 1. The van der Waals surface area contributed by atoms with Gasteiger partial charge in [-0.3, -0.25) is 4.79 Å². The van der Waals surface area contributed by atoms with Crippen molar-refractivity contribution in [1.29, 1.82) is 0 Å². The van der Waals surface area contributed by atoms with Gasteiger partial charge < -0.3 is 9.47 Å². The number of hydrogen-bond acceptors (Lipinski definition) is 1. The van der Waals surface area contributed by atoms with Crippen molar-refractivity contribution in [3.8, 4) is 0 Å². The number of nitrogens with zero attached hydrogens (tertiary/aromatic N) is 2. The number of rotatable bonds is 5. The highest BCUT2D eigenvalue weighted by Crippen LogP contribution is 2.41. The molecule has 0 bridgehead atoms. The maximum atomic E-state index is 14.5. The average molecular weight is 419 g/mol. The maximum absolute atomic E-state index is 14.5. The Morgan fingerprint density at radius 3 is 1.72 bits per heavy atom. The van der Waals surface area contributed by atoms with E-state index in [0.29, 0.717) is 6.42 Å². The van der Waals surface area contributed by atoms with Crippen LogP contribution in [0, 0.1) is 0 Å². The van der Waals surface area contributed by atoms with E-state index < -0.39 is 5.54 Å². The van der Waals surface area contributed by atoms with Crippen LogP contribution in [0.4, 0.5) is 5.69 Å². The van der Waals surface area contributed by atoms with E-state index in [4.69, 9.17) is 0 Å². The molecule has 0 aliphatic carbocycles. The van der Waals surface area contributed by atoms with Crippen LogP contribution in [-0.4, -0.2) is 17.5 Å². The van der Waals surface area contributed by atoms with Crippen LogP contribution in [0.3, 0.4) is 0 Å². The summed E-state index contributed by atoms with van der Waals surface area (Å²) in [7, 11) is 1.87. The van der Waals surface area contributed by atoms with Gasteiger partial charge in [-0.15, -0.1) is 0 Å². The number of carbonyl (C=O) groups excluding carboxylic acids is 1. The minimum absolute atomic E-state index is 0.0453. The van der Waals surface area contributed by atoms with Gasteiger partial charge in [-0.1, -0.05) is 91.9 Å². The van der Waals surface area contributed by atoms with Crippen LogP contribution < -0.4 is 4.90 Å². The molecule has 5 aromatic rings. The molecule has 0 aliphatic heterocycles. The SMILES string of the molecule is CC[C@@](C(=O)N(C)c1ccccc1)(c1ccccc1)n1c2ccccc2c2ccccc21. The second-order valence-electron chi connectivity index (χ2n) is 8.15. The average Bonchev–Trinajstić information content (AvgIpc) is 3.21. The van der Waals surface area contributed by atoms with Crippen molar-refractivity contribution in [2.75, 3.05) is 11.9 Å². The van der Waals surface area contributed by atoms with Gasteiger partial charge in [0, 0.05) is 23.5 Å². The van der Waals surface area contributed by atoms with Crippen LogP contribution in [0.1, 0.15) is 18.9 Å². The molecular formula is C29H26N2O. The fraction of sp³-hybridized carbons (Fsp3) is 0.138. The molecule has 158 valence electrons. The molecular weight excluding hydrogens is 392 g/mol. The van der Waals surface area contributed by atoms with Crippen LogP contribution in [0.2, 0.25) is 0 Å². The van der Waals surface area contributed by atoms with E-state index >= 15 is 0 Å². The molecule has 1 aromatic heterocycles. The van der Waals surface area contributed by atoms with E-state index in [-0.39, 0.29) is 5.91 Å². The molecule has 0 saturated carbocycles. The van der Waals surface area contributed by atoms with Crippen molar-refractivity contribution >= 4 is 33.4 Å². The zero-order chi connectivity index (χ0) is 22.1. The predicted octanol–water partition coefficient (Wildman–Crippen LogP) is 6.61. The monoisotopic (exact) mass is 418 g/mol. The minimum atomic E-state index is -0.894. The molecule has 3 nitrogen and oxygen atoms in total. The summed E-state index contributed by atoms with van der Waals surface area (Å²) in [5.41, 5.74) is 3.10. The topological polar surface area (TPSA) is 25.2 Å². The number of benzene rings is 4. The Bertz CT molecular complexity index is 1340. The molecule has 0 saturated heterocycles. The summed E-state index contributed by atoms with van der Waals surface area (Å²) in [6.45, 7) is 2.10. The summed E-state index contributed by atoms with van der Waals surface area (Å²) < 4.78 is 2.26. The lowest BCUT2D eigenvalue weighted by molar-refractivity contribution is -0.124. The van der Waals surface area contributed by atoms with Gasteiger partial charge in [0.05, 0.1) is 11.0 Å². The predicted molar refractivity (Wildman–Crippen MR) is 133 cm³/mol. The first kappa shape index (κ1) is 20.1. The Kier molecular flexibility index (Phi) is 5.02. The highest BCUT2D eigenvalue weighted by Gasteiger charge is 2.44. The van der Waals surface area contributed by atoms with Crippen LogP contribution in [0.25, 0.3) is 21.8 Å². The Morgan fingerprint density at radius 1 is 0.719 bits per heavy atom. The van der Waals surface area contributed by atoms with Gasteiger partial charge in [0.1, 0.15) is 5.54 Å². The number of fused-ring (bicyclic) bond motifs is 3. The summed E-state index contributed by atoms with van der Waals surface area (Å²) in [6, 6.07) is 36.8. The lowest BCUT2D eigenvalue weighted by Gasteiger charge is -2.38. The van der Waals surface area contributed by atoms with E-state index in [1.807, 2.05) is 55.6 Å². The summed E-state index contributed by atoms with van der Waals surface area (Å²) >= 11 is 0. The van der Waals surface area contributed by atoms with Crippen molar-refractivity contribution in [2.24, 2.45) is 0 Å². The fourth-order valence-corrected chi connectivity index (χ4v) is 4.96. The molecule has 0 fully saturated rings. The second-order valence-corrected chi connectivity index (χ2v) is 8.15. The van der Waals surface area contributed by atoms with Crippen LogP contribution >= 0.6 is 0 Å². The summed E-state index contributed by atoms with van der Waals surface area (Å²) in [4.78, 5) is 16.3. The Balaban J connectivity index is 1.87. The van der Waals surface area contributed by atoms with Crippen molar-refractivity contribution in [1.82, 2.24) is 4.57 Å². The van der Waals surface area contributed by atoms with Crippen molar-refractivity contribution in [3.63, 3.8) is 0 Å². The fourth-order valence-electron chi connectivity index (χ4n) is 4.96. The molecule has 4 aromatic carbocycles. The molecule has 0 aliphatic rings. The molecule has 1 heterocycles. The van der Waals surface area contributed by atoms with Gasteiger partial charge in [-0.2, -0.15) is 0 Å². The molecule has 0 N–H and O–H groups in total. The minimum Gasteiger partial charge on any atom is -0.321 e. The van der Waals surface area contributed by atoms with Crippen molar-refractivity contribution in [3.05, 3.63) is 115 Å². The van der Waals surface area contributed by atoms with E-state index in [2.05, 4.69) is 72.2 Å². The molecule has 0 radical (unpaired) electrons. The molecule has 1 amide bonds. The van der Waals surface area contributed by atoms with Crippen molar-refractivity contribution < 1.29 is 4.79 Å². The van der Waals surface area contributed by atoms with Gasteiger partial charge in [0.15, 0.2) is 0 Å². The number of para-hydroxylation sites is 3. The first-order chi connectivity index (χ1) is 15.7. The van der Waals surface area contributed by atoms with E-state index in [0.717, 1.165) is 33.1 Å². The van der Waals surface area contributed by atoms with Gasteiger partial charge in [0.25, 0.3) is 5.91 Å². The zero-order valence-corrected chi connectivity index (χ0v) is 18.4. The number of carbonyl (C=O) groups is 1. The van der Waals surface area contributed by atoms with Crippen LogP contribution in [0.5, 0.6) is 0 Å². The van der Waals surface area contributed by atoms with Gasteiger partial charge in [-0.05, 0) is 36.2 Å². The second kappa shape index (κ2) is 8.01. The third-order valence-corrected chi connectivity index (χ3v) is 6.53. The number of aromatic nitrogens is 1. The largest absolute Gasteiger partial charge is 0.321 e. The number of anilines is 1. The van der Waals surface area contributed by atoms with Crippen molar-refractivity contribution in [2.45, 2.75) is 18.9 Å². The highest BCUT2D eigenvalue weighted by molar-refractivity contribution is 6.11. The summed E-state index contributed by atoms with van der Waals surface area (Å²) in [6.07, 6.45) is 0.621. The van der Waals surface area contributed by atoms with Crippen LogP contribution in [0.15, 0.2) is 109 Å². The zero-order valence-electron chi connectivity index (χ0n) is 18.4. The summed E-state index contributed by atoms with van der Waals surface area (Å²) in [5, 5.41) is 2.32. The molecule has 3 heteroatoms. The van der Waals surface area contributed by atoms with Gasteiger partial charge >= 0.3 is 0 Å². The van der Waals surface area contributed by atoms with E-state index in [1.165, 1.54) is 0 Å². The lowest BCUT2D eigenvalue weighted by atomic mass is 9.84. The maximum Gasteiger partial charge on any atom is 0.257 e. The Morgan fingerprint density at radius 2 is 1.19 bits per heavy atom. The first-order valence-corrected chi connectivity index (χ1v) is 11.1. The third-order valence-electron chi connectivity index (χ3n) is 6.53. The Labute approximate surface area is 188 Å². The highest BCUT2D eigenvalue weighted by atomic mass is 16.2. The van der Waals surface area contributed by atoms with Gasteiger partial charge in [0.2, 0.25) is 0 Å².